The molecule has 2 amide bonds. The first-order chi connectivity index (χ1) is 9.60. The van der Waals surface area contributed by atoms with Gasteiger partial charge in [0.1, 0.15) is 0 Å². The van der Waals surface area contributed by atoms with Crippen LogP contribution in [0.5, 0.6) is 0 Å². The Kier molecular flexibility index (Phi) is 4.53. The predicted octanol–water partition coefficient (Wildman–Crippen LogP) is 0.639. The Hall–Kier alpha value is -2.14. The molecule has 5 heteroatoms. The molecule has 2 rings (SSSR count). The third-order valence-electron chi connectivity index (χ3n) is 3.47. The van der Waals surface area contributed by atoms with Crippen molar-refractivity contribution in [1.82, 2.24) is 4.90 Å². The van der Waals surface area contributed by atoms with Gasteiger partial charge in [-0.25, -0.2) is 0 Å². The molecule has 1 aliphatic heterocycles. The molecule has 0 saturated carbocycles. The molecule has 0 radical (unpaired) electrons. The van der Waals surface area contributed by atoms with Crippen LogP contribution in [0.25, 0.3) is 6.08 Å². The number of nitrogens with zero attached hydrogens (tertiary/aromatic N) is 1. The van der Waals surface area contributed by atoms with Crippen molar-refractivity contribution in [3.63, 3.8) is 0 Å². The number of primary amides is 1. The molecule has 1 unspecified atom stereocenters. The van der Waals surface area contributed by atoms with Crippen LogP contribution >= 0.6 is 0 Å². The van der Waals surface area contributed by atoms with Crippen LogP contribution in [0.4, 0.5) is 0 Å². The van der Waals surface area contributed by atoms with Gasteiger partial charge in [0, 0.05) is 37.3 Å². The third-order valence-corrected chi connectivity index (χ3v) is 3.47. The van der Waals surface area contributed by atoms with Gasteiger partial charge in [-0.15, -0.1) is 0 Å². The molecule has 106 valence electrons. The number of amides is 2. The highest BCUT2D eigenvalue weighted by Gasteiger charge is 2.23. The molecule has 3 N–H and O–H groups in total. The van der Waals surface area contributed by atoms with Gasteiger partial charge in [-0.1, -0.05) is 12.1 Å². The molecule has 1 aromatic carbocycles. The summed E-state index contributed by atoms with van der Waals surface area (Å²) in [4.78, 5) is 24.6. The normalized spacial score (nSPS) is 18.6. The van der Waals surface area contributed by atoms with Gasteiger partial charge in [0.05, 0.1) is 0 Å². The molecule has 1 atom stereocenters. The van der Waals surface area contributed by atoms with E-state index in [-0.39, 0.29) is 18.4 Å². The number of rotatable bonds is 4. The highest BCUT2D eigenvalue weighted by molar-refractivity contribution is 5.94. The van der Waals surface area contributed by atoms with E-state index < -0.39 is 5.91 Å². The molecule has 1 heterocycles. The Morgan fingerprint density at radius 1 is 1.35 bits per heavy atom. The second-order valence-electron chi connectivity index (χ2n) is 4.94. The molecule has 1 aliphatic rings. The summed E-state index contributed by atoms with van der Waals surface area (Å²) in [5, 5.41) is 9.05. The van der Waals surface area contributed by atoms with Crippen molar-refractivity contribution in [2.24, 2.45) is 11.7 Å². The zero-order chi connectivity index (χ0) is 14.5. The largest absolute Gasteiger partial charge is 0.396 e. The van der Waals surface area contributed by atoms with Crippen LogP contribution in [0.3, 0.4) is 0 Å². The lowest BCUT2D eigenvalue weighted by Crippen LogP contribution is -2.27. The quantitative estimate of drug-likeness (QED) is 0.790. The summed E-state index contributed by atoms with van der Waals surface area (Å²) in [6.07, 6.45) is 4.07. The van der Waals surface area contributed by atoms with E-state index in [0.29, 0.717) is 18.7 Å². The maximum Gasteiger partial charge on any atom is 0.248 e. The first-order valence-corrected chi connectivity index (χ1v) is 6.58. The van der Waals surface area contributed by atoms with Crippen LogP contribution < -0.4 is 5.73 Å². The van der Waals surface area contributed by atoms with Gasteiger partial charge < -0.3 is 15.7 Å². The summed E-state index contributed by atoms with van der Waals surface area (Å²) in [6.45, 7) is 1.43. The lowest BCUT2D eigenvalue weighted by Gasteiger charge is -2.13. The fourth-order valence-corrected chi connectivity index (χ4v) is 2.21. The van der Waals surface area contributed by atoms with E-state index in [0.717, 1.165) is 12.0 Å². The van der Waals surface area contributed by atoms with E-state index in [9.17, 15) is 9.59 Å². The van der Waals surface area contributed by atoms with E-state index in [4.69, 9.17) is 10.8 Å². The van der Waals surface area contributed by atoms with Gasteiger partial charge in [0.2, 0.25) is 11.8 Å². The van der Waals surface area contributed by atoms with Crippen molar-refractivity contribution in [3.8, 4) is 0 Å². The first-order valence-electron chi connectivity index (χ1n) is 6.58. The SMILES string of the molecule is NC(=O)c1ccc(C=CC(=O)N2CCC(CO)C2)cc1. The van der Waals surface area contributed by atoms with E-state index in [1.807, 2.05) is 0 Å². The van der Waals surface area contributed by atoms with Crippen LogP contribution in [0.15, 0.2) is 30.3 Å². The highest BCUT2D eigenvalue weighted by Crippen LogP contribution is 2.16. The zero-order valence-electron chi connectivity index (χ0n) is 11.2. The van der Waals surface area contributed by atoms with Crippen LogP contribution in [-0.4, -0.2) is 41.5 Å². The van der Waals surface area contributed by atoms with Crippen LogP contribution in [-0.2, 0) is 4.79 Å². The second-order valence-corrected chi connectivity index (χ2v) is 4.94. The first kappa shape index (κ1) is 14.3. The van der Waals surface area contributed by atoms with Crippen molar-refractivity contribution in [3.05, 3.63) is 41.5 Å². The fourth-order valence-electron chi connectivity index (χ4n) is 2.21. The van der Waals surface area contributed by atoms with E-state index in [2.05, 4.69) is 0 Å². The Bertz CT molecular complexity index is 522. The lowest BCUT2D eigenvalue weighted by atomic mass is 10.1. The van der Waals surface area contributed by atoms with Gasteiger partial charge in [0.15, 0.2) is 0 Å². The van der Waals surface area contributed by atoms with Gasteiger partial charge >= 0.3 is 0 Å². The smallest absolute Gasteiger partial charge is 0.248 e. The molecule has 0 aromatic heterocycles. The molecule has 1 fully saturated rings. The number of benzene rings is 1. The summed E-state index contributed by atoms with van der Waals surface area (Å²) in [5.41, 5.74) is 6.43. The summed E-state index contributed by atoms with van der Waals surface area (Å²) >= 11 is 0. The van der Waals surface area contributed by atoms with Crippen molar-refractivity contribution in [1.29, 1.82) is 0 Å². The van der Waals surface area contributed by atoms with E-state index in [1.54, 1.807) is 35.2 Å². The number of aliphatic hydroxyl groups excluding tert-OH is 1. The summed E-state index contributed by atoms with van der Waals surface area (Å²) in [5.74, 6) is -0.328. The summed E-state index contributed by atoms with van der Waals surface area (Å²) in [7, 11) is 0. The standard InChI is InChI=1S/C15H18N2O3/c16-15(20)13-4-1-11(2-5-13)3-6-14(19)17-8-7-12(9-17)10-18/h1-6,12,18H,7-10H2,(H2,16,20). The minimum Gasteiger partial charge on any atom is -0.396 e. The number of nitrogens with two attached hydrogens (primary N) is 1. The van der Waals surface area contributed by atoms with Gasteiger partial charge in [0.25, 0.3) is 0 Å². The summed E-state index contributed by atoms with van der Waals surface area (Å²) < 4.78 is 0. The number of aliphatic hydroxyl groups is 1. The molecular formula is C15H18N2O3. The number of hydrogen-bond acceptors (Lipinski definition) is 3. The molecule has 1 saturated heterocycles. The van der Waals surface area contributed by atoms with Crippen LogP contribution in [0.1, 0.15) is 22.3 Å². The molecule has 0 bridgehead atoms. The zero-order valence-corrected chi connectivity index (χ0v) is 11.2. The topological polar surface area (TPSA) is 83.6 Å². The van der Waals surface area contributed by atoms with Crippen LogP contribution in [0.2, 0.25) is 0 Å². The monoisotopic (exact) mass is 274 g/mol. The summed E-state index contributed by atoms with van der Waals surface area (Å²) in [6, 6.07) is 6.74. The van der Waals surface area contributed by atoms with E-state index >= 15 is 0 Å². The molecule has 5 nitrogen and oxygen atoms in total. The van der Waals surface area contributed by atoms with Crippen molar-refractivity contribution >= 4 is 17.9 Å². The van der Waals surface area contributed by atoms with Crippen molar-refractivity contribution < 1.29 is 14.7 Å². The van der Waals surface area contributed by atoms with Gasteiger partial charge in [-0.2, -0.15) is 0 Å². The van der Waals surface area contributed by atoms with Gasteiger partial charge in [-0.05, 0) is 30.2 Å². The Labute approximate surface area is 117 Å². The molecular weight excluding hydrogens is 256 g/mol. The molecule has 0 spiro atoms. The lowest BCUT2D eigenvalue weighted by molar-refractivity contribution is -0.125. The van der Waals surface area contributed by atoms with Gasteiger partial charge in [-0.3, -0.25) is 9.59 Å². The predicted molar refractivity (Wildman–Crippen MR) is 75.8 cm³/mol. The highest BCUT2D eigenvalue weighted by atomic mass is 16.3. The number of carbonyl (C=O) groups excluding carboxylic acids is 2. The molecule has 20 heavy (non-hydrogen) atoms. The number of hydrogen-bond donors (Lipinski definition) is 2. The number of likely N-dealkylation sites (tertiary alicyclic amines) is 1. The van der Waals surface area contributed by atoms with Crippen molar-refractivity contribution in [2.45, 2.75) is 6.42 Å². The Morgan fingerprint density at radius 2 is 2.05 bits per heavy atom. The number of carbonyl (C=O) groups is 2. The molecule has 0 aliphatic carbocycles. The average Bonchev–Trinajstić information content (AvgIpc) is 2.94. The molecule has 1 aromatic rings. The fraction of sp³-hybridized carbons (Fsp3) is 0.333. The minimum atomic E-state index is -0.469. The van der Waals surface area contributed by atoms with Crippen LogP contribution in [0, 0.1) is 5.92 Å². The Morgan fingerprint density at radius 3 is 2.60 bits per heavy atom. The average molecular weight is 274 g/mol. The van der Waals surface area contributed by atoms with Crippen molar-refractivity contribution in [2.75, 3.05) is 19.7 Å². The minimum absolute atomic E-state index is 0.0556. The maximum atomic E-state index is 11.9. The maximum absolute atomic E-state index is 11.9. The van der Waals surface area contributed by atoms with E-state index in [1.165, 1.54) is 6.08 Å². The third kappa shape index (κ3) is 3.45. The Balaban J connectivity index is 1.95. The second kappa shape index (κ2) is 6.34.